The van der Waals surface area contributed by atoms with E-state index >= 15 is 0 Å². The number of fused-ring (bicyclic) bond motifs is 1. The highest BCUT2D eigenvalue weighted by Crippen LogP contribution is 2.41. The second-order valence-electron chi connectivity index (χ2n) is 9.35. The molecule has 4 heterocycles. The minimum absolute atomic E-state index is 0.0107. The molecule has 0 saturated carbocycles. The van der Waals surface area contributed by atoms with Crippen molar-refractivity contribution in [2.24, 2.45) is 0 Å². The summed E-state index contributed by atoms with van der Waals surface area (Å²) in [6.07, 6.45) is 0. The van der Waals surface area contributed by atoms with E-state index in [4.69, 9.17) is 14.6 Å². The summed E-state index contributed by atoms with van der Waals surface area (Å²) < 4.78 is 12.8. The van der Waals surface area contributed by atoms with Gasteiger partial charge in [-0.15, -0.1) is 0 Å². The zero-order chi connectivity index (χ0) is 24.0. The van der Waals surface area contributed by atoms with Gasteiger partial charge in [-0.1, -0.05) is 30.3 Å². The molecule has 2 fully saturated rings. The summed E-state index contributed by atoms with van der Waals surface area (Å²) in [6.45, 7) is 6.40. The number of morpholine rings is 1. The number of nitrogens with zero attached hydrogens (tertiary/aromatic N) is 4. The van der Waals surface area contributed by atoms with Crippen LogP contribution in [0.3, 0.4) is 0 Å². The third-order valence-electron chi connectivity index (χ3n) is 6.83. The molecule has 6 rings (SSSR count). The van der Waals surface area contributed by atoms with E-state index in [0.717, 1.165) is 59.9 Å². The molecule has 2 aliphatic heterocycles. The Balaban J connectivity index is 1.57. The van der Waals surface area contributed by atoms with E-state index in [1.807, 2.05) is 30.3 Å². The number of aromatic carboxylic acids is 1. The Morgan fingerprint density at radius 3 is 2.31 bits per heavy atom. The molecule has 8 heteroatoms. The van der Waals surface area contributed by atoms with Gasteiger partial charge in [0, 0.05) is 18.8 Å². The van der Waals surface area contributed by atoms with Crippen LogP contribution in [-0.2, 0) is 14.9 Å². The first-order chi connectivity index (χ1) is 17.0. The number of benzene rings is 2. The van der Waals surface area contributed by atoms with Crippen molar-refractivity contribution >= 4 is 22.7 Å². The molecule has 178 valence electrons. The monoisotopic (exact) mass is 470 g/mol. The summed E-state index contributed by atoms with van der Waals surface area (Å²) in [5, 5.41) is 15.7. The van der Waals surface area contributed by atoms with Gasteiger partial charge in [0.25, 0.3) is 0 Å². The van der Waals surface area contributed by atoms with Crippen LogP contribution in [0.1, 0.15) is 23.1 Å². The lowest BCUT2D eigenvalue weighted by Gasteiger charge is -2.36. The van der Waals surface area contributed by atoms with Crippen LogP contribution in [-0.4, -0.2) is 65.4 Å². The highest BCUT2D eigenvalue weighted by molar-refractivity contribution is 6.00. The number of anilines is 1. The summed E-state index contributed by atoms with van der Waals surface area (Å²) in [6, 6.07) is 19.6. The number of hydrogen-bond acceptors (Lipinski definition) is 6. The third-order valence-corrected chi connectivity index (χ3v) is 6.83. The first-order valence-electron chi connectivity index (χ1n) is 11.8. The van der Waals surface area contributed by atoms with Gasteiger partial charge in [-0.3, -0.25) is 0 Å². The summed E-state index contributed by atoms with van der Waals surface area (Å²) in [7, 11) is 0. The summed E-state index contributed by atoms with van der Waals surface area (Å²) in [5.41, 5.74) is 4.82. The smallest absolute Gasteiger partial charge is 0.354 e. The summed E-state index contributed by atoms with van der Waals surface area (Å²) >= 11 is 0. The standard InChI is InChI=1S/C27H26N4O4/c1-27(16-35-17-27)24-23-21(18-7-9-19(10-8-18)30-11-13-34-14-12-30)15-22(26(32)33)28-25(23)31(29-24)20-5-3-2-4-6-20/h2-10,15H,11-14,16-17H2,1H3,(H,32,33). The Hall–Kier alpha value is -3.75. The van der Waals surface area contributed by atoms with Gasteiger partial charge in [-0.25, -0.2) is 14.5 Å². The average Bonchev–Trinajstić information content (AvgIpc) is 3.28. The number of pyridine rings is 1. The van der Waals surface area contributed by atoms with Gasteiger partial charge >= 0.3 is 5.97 Å². The number of carbonyl (C=O) groups is 1. The largest absolute Gasteiger partial charge is 0.477 e. The fourth-order valence-corrected chi connectivity index (χ4v) is 4.84. The molecular formula is C27H26N4O4. The maximum atomic E-state index is 12.1. The second kappa shape index (κ2) is 8.48. The van der Waals surface area contributed by atoms with Gasteiger partial charge in [0.2, 0.25) is 0 Å². The molecule has 0 bridgehead atoms. The Bertz CT molecular complexity index is 1390. The van der Waals surface area contributed by atoms with Gasteiger partial charge in [0.1, 0.15) is 0 Å². The molecule has 0 atom stereocenters. The minimum Gasteiger partial charge on any atom is -0.477 e. The first-order valence-corrected chi connectivity index (χ1v) is 11.8. The molecule has 2 aromatic carbocycles. The fourth-order valence-electron chi connectivity index (χ4n) is 4.84. The molecule has 0 amide bonds. The lowest BCUT2D eigenvalue weighted by atomic mass is 9.82. The molecule has 4 aromatic rings. The second-order valence-corrected chi connectivity index (χ2v) is 9.35. The molecule has 2 saturated heterocycles. The third kappa shape index (κ3) is 3.75. The average molecular weight is 471 g/mol. The summed E-state index contributed by atoms with van der Waals surface area (Å²) in [5.74, 6) is -1.07. The Morgan fingerprint density at radius 1 is 0.971 bits per heavy atom. The zero-order valence-electron chi connectivity index (χ0n) is 19.5. The molecule has 2 aromatic heterocycles. The SMILES string of the molecule is CC1(c2nn(-c3ccccc3)c3nc(C(=O)O)cc(-c4ccc(N5CCOCC5)cc4)c23)COC1. The highest BCUT2D eigenvalue weighted by atomic mass is 16.5. The van der Waals surface area contributed by atoms with Crippen LogP contribution in [0, 0.1) is 0 Å². The van der Waals surface area contributed by atoms with E-state index in [1.165, 1.54) is 0 Å². The summed E-state index contributed by atoms with van der Waals surface area (Å²) in [4.78, 5) is 18.9. The number of para-hydroxylation sites is 1. The minimum atomic E-state index is -1.07. The number of aromatic nitrogens is 3. The number of carboxylic acid groups (broad SMARTS) is 1. The lowest BCUT2D eigenvalue weighted by Crippen LogP contribution is -2.44. The van der Waals surface area contributed by atoms with Crippen molar-refractivity contribution in [2.45, 2.75) is 12.3 Å². The number of ether oxygens (including phenoxy) is 2. The van der Waals surface area contributed by atoms with Crippen molar-refractivity contribution < 1.29 is 19.4 Å². The predicted molar refractivity (Wildman–Crippen MR) is 132 cm³/mol. The van der Waals surface area contributed by atoms with Crippen molar-refractivity contribution in [3.05, 3.63) is 72.1 Å². The molecule has 0 aliphatic carbocycles. The fraction of sp³-hybridized carbons (Fsp3) is 0.296. The van der Waals surface area contributed by atoms with Crippen molar-refractivity contribution in [2.75, 3.05) is 44.4 Å². The molecule has 0 radical (unpaired) electrons. The van der Waals surface area contributed by atoms with Crippen LogP contribution in [0.4, 0.5) is 5.69 Å². The Labute approximate surface area is 202 Å². The van der Waals surface area contributed by atoms with Crippen molar-refractivity contribution in [1.82, 2.24) is 14.8 Å². The van der Waals surface area contributed by atoms with Crippen molar-refractivity contribution in [3.63, 3.8) is 0 Å². The van der Waals surface area contributed by atoms with Gasteiger partial charge in [-0.2, -0.15) is 5.10 Å². The van der Waals surface area contributed by atoms with E-state index < -0.39 is 5.97 Å². The van der Waals surface area contributed by atoms with Crippen LogP contribution in [0.25, 0.3) is 27.8 Å². The van der Waals surface area contributed by atoms with Gasteiger partial charge < -0.3 is 19.5 Å². The molecule has 35 heavy (non-hydrogen) atoms. The van der Waals surface area contributed by atoms with Crippen LogP contribution in [0.15, 0.2) is 60.7 Å². The van der Waals surface area contributed by atoms with E-state index in [1.54, 1.807) is 10.7 Å². The zero-order valence-corrected chi connectivity index (χ0v) is 19.5. The van der Waals surface area contributed by atoms with Crippen LogP contribution >= 0.6 is 0 Å². The molecule has 0 spiro atoms. The van der Waals surface area contributed by atoms with E-state index in [2.05, 4.69) is 41.1 Å². The Kier molecular flexibility index (Phi) is 5.27. The number of rotatable bonds is 5. The van der Waals surface area contributed by atoms with Crippen LogP contribution < -0.4 is 4.90 Å². The van der Waals surface area contributed by atoms with Crippen LogP contribution in [0.2, 0.25) is 0 Å². The first kappa shape index (κ1) is 21.8. The number of hydrogen-bond donors (Lipinski definition) is 1. The van der Waals surface area contributed by atoms with E-state index in [-0.39, 0.29) is 11.1 Å². The molecule has 1 N–H and O–H groups in total. The number of carboxylic acids is 1. The molecular weight excluding hydrogens is 444 g/mol. The van der Waals surface area contributed by atoms with E-state index in [9.17, 15) is 9.90 Å². The maximum Gasteiger partial charge on any atom is 0.354 e. The van der Waals surface area contributed by atoms with Gasteiger partial charge in [0.15, 0.2) is 11.3 Å². The predicted octanol–water partition coefficient (Wildman–Crippen LogP) is 3.91. The highest BCUT2D eigenvalue weighted by Gasteiger charge is 2.41. The van der Waals surface area contributed by atoms with Gasteiger partial charge in [-0.05, 0) is 48.4 Å². The van der Waals surface area contributed by atoms with Crippen molar-refractivity contribution in [3.8, 4) is 16.8 Å². The van der Waals surface area contributed by atoms with Crippen molar-refractivity contribution in [1.29, 1.82) is 0 Å². The maximum absolute atomic E-state index is 12.1. The molecule has 8 nitrogen and oxygen atoms in total. The normalized spacial score (nSPS) is 17.3. The van der Waals surface area contributed by atoms with E-state index in [0.29, 0.717) is 18.9 Å². The molecule has 0 unspecified atom stereocenters. The molecule has 2 aliphatic rings. The quantitative estimate of drug-likeness (QED) is 0.473. The van der Waals surface area contributed by atoms with Gasteiger partial charge in [0.05, 0.1) is 48.6 Å². The lowest BCUT2D eigenvalue weighted by molar-refractivity contribution is -0.0515. The van der Waals surface area contributed by atoms with Crippen LogP contribution in [0.5, 0.6) is 0 Å². The topological polar surface area (TPSA) is 89.7 Å². The Morgan fingerprint density at radius 2 is 1.69 bits per heavy atom.